The first-order chi connectivity index (χ1) is 7.09. The van der Waals surface area contributed by atoms with Gasteiger partial charge in [-0.2, -0.15) is 0 Å². The average molecular weight is 204 g/mol. The van der Waals surface area contributed by atoms with E-state index >= 15 is 0 Å². The van der Waals surface area contributed by atoms with Gasteiger partial charge in [-0.1, -0.05) is 44.6 Å². The minimum absolute atomic E-state index is 0.726. The molecule has 0 bridgehead atoms. The van der Waals surface area contributed by atoms with E-state index in [0.717, 1.165) is 23.7 Å². The first-order valence-electron chi connectivity index (χ1n) is 6.48. The molecule has 3 atom stereocenters. The predicted molar refractivity (Wildman–Crippen MR) is 66.7 cm³/mol. The minimum Gasteiger partial charge on any atom is -0.0995 e. The molecule has 0 radical (unpaired) electrons. The molecule has 0 saturated heterocycles. The molecule has 0 aromatic rings. The zero-order valence-corrected chi connectivity index (χ0v) is 10.4. The van der Waals surface area contributed by atoms with Crippen molar-refractivity contribution >= 4 is 0 Å². The largest absolute Gasteiger partial charge is 0.0995 e. The van der Waals surface area contributed by atoms with Crippen molar-refractivity contribution in [3.63, 3.8) is 0 Å². The molecule has 0 spiro atoms. The lowest BCUT2D eigenvalue weighted by Crippen LogP contribution is -2.11. The van der Waals surface area contributed by atoms with Crippen molar-refractivity contribution in [3.8, 4) is 0 Å². The number of hydrogen-bond acceptors (Lipinski definition) is 0. The molecule has 0 aromatic heterocycles. The maximum Gasteiger partial charge on any atom is -0.0139 e. The number of hydrogen-bond donors (Lipinski definition) is 0. The topological polar surface area (TPSA) is 0 Å². The summed E-state index contributed by atoms with van der Waals surface area (Å²) in [5.74, 6) is 3.21. The van der Waals surface area contributed by atoms with E-state index in [1.165, 1.54) is 31.3 Å². The van der Waals surface area contributed by atoms with Gasteiger partial charge in [0.05, 0.1) is 0 Å². The van der Waals surface area contributed by atoms with Crippen LogP contribution in [-0.4, -0.2) is 0 Å². The van der Waals surface area contributed by atoms with E-state index < -0.39 is 0 Å². The maximum atomic E-state index is 4.31. The fourth-order valence-corrected chi connectivity index (χ4v) is 3.28. The first kappa shape index (κ1) is 11.0. The minimum atomic E-state index is 0.726. The normalized spacial score (nSPS) is 36.4. The van der Waals surface area contributed by atoms with Gasteiger partial charge in [-0.3, -0.25) is 0 Å². The molecule has 0 amide bonds. The highest BCUT2D eigenvalue weighted by atomic mass is 14.4. The van der Waals surface area contributed by atoms with Crippen molar-refractivity contribution in [1.29, 1.82) is 0 Å². The Kier molecular flexibility index (Phi) is 3.04. The Bertz CT molecular complexity index is 282. The van der Waals surface area contributed by atoms with Crippen LogP contribution in [0.5, 0.6) is 0 Å². The molecule has 0 heterocycles. The van der Waals surface area contributed by atoms with Gasteiger partial charge in [-0.15, -0.1) is 0 Å². The molecule has 2 rings (SSSR count). The number of allylic oxidation sites excluding steroid dienone is 3. The Hall–Kier alpha value is -0.520. The van der Waals surface area contributed by atoms with Gasteiger partial charge in [0.1, 0.15) is 0 Å². The molecular formula is C15H24. The van der Waals surface area contributed by atoms with E-state index in [9.17, 15) is 0 Å². The fourth-order valence-electron chi connectivity index (χ4n) is 3.28. The Morgan fingerprint density at radius 2 is 2.00 bits per heavy atom. The van der Waals surface area contributed by atoms with Crippen LogP contribution in [-0.2, 0) is 0 Å². The summed E-state index contributed by atoms with van der Waals surface area (Å²) in [7, 11) is 0. The molecule has 0 heteroatoms. The van der Waals surface area contributed by atoms with Crippen LogP contribution in [0.15, 0.2) is 23.8 Å². The molecule has 15 heavy (non-hydrogen) atoms. The molecule has 1 unspecified atom stereocenters. The van der Waals surface area contributed by atoms with Crippen molar-refractivity contribution in [2.45, 2.75) is 46.5 Å². The summed E-state index contributed by atoms with van der Waals surface area (Å²) >= 11 is 0. The van der Waals surface area contributed by atoms with Crippen LogP contribution in [0.25, 0.3) is 0 Å². The lowest BCUT2D eigenvalue weighted by molar-refractivity contribution is 0.439. The van der Waals surface area contributed by atoms with Crippen molar-refractivity contribution in [2.24, 2.45) is 23.7 Å². The monoisotopic (exact) mass is 204 g/mol. The lowest BCUT2D eigenvalue weighted by atomic mass is 9.85. The molecule has 2 aliphatic rings. The molecule has 0 nitrogen and oxygen atoms in total. The fraction of sp³-hybridized carbons (Fsp3) is 0.733. The number of rotatable bonds is 1. The highest BCUT2D eigenvalue weighted by Crippen LogP contribution is 2.46. The van der Waals surface area contributed by atoms with Gasteiger partial charge < -0.3 is 0 Å². The summed E-state index contributed by atoms with van der Waals surface area (Å²) in [6.07, 6.45) is 7.88. The second kappa shape index (κ2) is 4.15. The molecule has 1 saturated carbocycles. The highest BCUT2D eigenvalue weighted by Gasteiger charge is 2.35. The summed E-state index contributed by atoms with van der Waals surface area (Å²) in [4.78, 5) is 0. The summed E-state index contributed by atoms with van der Waals surface area (Å²) < 4.78 is 0. The van der Waals surface area contributed by atoms with Gasteiger partial charge >= 0.3 is 0 Å². The van der Waals surface area contributed by atoms with Crippen LogP contribution in [0, 0.1) is 23.7 Å². The summed E-state index contributed by atoms with van der Waals surface area (Å²) in [6.45, 7) is 11.4. The Labute approximate surface area is 94.5 Å². The Morgan fingerprint density at radius 3 is 2.67 bits per heavy atom. The summed E-state index contributed by atoms with van der Waals surface area (Å²) in [6, 6.07) is 0. The molecule has 0 N–H and O–H groups in total. The van der Waals surface area contributed by atoms with Crippen molar-refractivity contribution < 1.29 is 0 Å². The van der Waals surface area contributed by atoms with E-state index in [1.807, 2.05) is 0 Å². The van der Waals surface area contributed by atoms with Gasteiger partial charge in [0, 0.05) is 0 Å². The zero-order chi connectivity index (χ0) is 11.0. The van der Waals surface area contributed by atoms with Crippen LogP contribution in [0.4, 0.5) is 0 Å². The molecular weight excluding hydrogens is 180 g/mol. The maximum absolute atomic E-state index is 4.31. The quantitative estimate of drug-likeness (QED) is 0.548. The van der Waals surface area contributed by atoms with Crippen LogP contribution < -0.4 is 0 Å². The second-order valence-corrected chi connectivity index (χ2v) is 5.79. The van der Waals surface area contributed by atoms with Gasteiger partial charge in [-0.05, 0) is 49.4 Å². The summed E-state index contributed by atoms with van der Waals surface area (Å²) in [5.41, 5.74) is 3.20. The lowest BCUT2D eigenvalue weighted by Gasteiger charge is -2.19. The predicted octanol–water partition coefficient (Wildman–Crippen LogP) is 4.58. The van der Waals surface area contributed by atoms with Gasteiger partial charge in [0.25, 0.3) is 0 Å². The van der Waals surface area contributed by atoms with E-state index in [-0.39, 0.29) is 0 Å². The van der Waals surface area contributed by atoms with Gasteiger partial charge in [-0.25, -0.2) is 0 Å². The third kappa shape index (κ3) is 2.04. The highest BCUT2D eigenvalue weighted by molar-refractivity contribution is 5.21. The summed E-state index contributed by atoms with van der Waals surface area (Å²) in [5, 5.41) is 0. The Balaban J connectivity index is 2.26. The van der Waals surface area contributed by atoms with Crippen molar-refractivity contribution in [1.82, 2.24) is 0 Å². The first-order valence-corrected chi connectivity index (χ1v) is 6.48. The molecule has 2 aliphatic carbocycles. The second-order valence-electron chi connectivity index (χ2n) is 5.79. The third-order valence-corrected chi connectivity index (χ3v) is 4.46. The van der Waals surface area contributed by atoms with Gasteiger partial charge in [0.15, 0.2) is 0 Å². The van der Waals surface area contributed by atoms with Crippen molar-refractivity contribution in [2.75, 3.05) is 0 Å². The third-order valence-electron chi connectivity index (χ3n) is 4.46. The van der Waals surface area contributed by atoms with E-state index in [1.54, 1.807) is 5.57 Å². The van der Waals surface area contributed by atoms with Crippen LogP contribution in [0.3, 0.4) is 0 Å². The molecule has 84 valence electrons. The number of fused-ring (bicyclic) bond motifs is 1. The van der Waals surface area contributed by atoms with Crippen LogP contribution in [0.2, 0.25) is 0 Å². The molecule has 0 aromatic carbocycles. The van der Waals surface area contributed by atoms with Crippen LogP contribution >= 0.6 is 0 Å². The smallest absolute Gasteiger partial charge is 0.0139 e. The average Bonchev–Trinajstić information content (AvgIpc) is 2.43. The SMILES string of the molecule is C=C1CCC(C(C)C)=C[C@@H]2C(C)CC[C@@H]12. The zero-order valence-electron chi connectivity index (χ0n) is 10.4. The standard InChI is InChI=1S/C15H24/c1-10(2)13-7-5-11(3)14-8-6-12(4)15(14)9-13/h9-10,12,14-15H,3,5-8H2,1-2,4H3/t12?,14-,15+/m0/s1. The molecule has 1 fully saturated rings. The van der Waals surface area contributed by atoms with Crippen LogP contribution in [0.1, 0.15) is 46.5 Å². The van der Waals surface area contributed by atoms with Gasteiger partial charge in [0.2, 0.25) is 0 Å². The molecule has 0 aliphatic heterocycles. The van der Waals surface area contributed by atoms with E-state index in [4.69, 9.17) is 0 Å². The van der Waals surface area contributed by atoms with Crippen molar-refractivity contribution in [3.05, 3.63) is 23.8 Å². The Morgan fingerprint density at radius 1 is 1.27 bits per heavy atom. The van der Waals surface area contributed by atoms with E-state index in [0.29, 0.717) is 0 Å². The van der Waals surface area contributed by atoms with E-state index in [2.05, 4.69) is 33.4 Å².